The summed E-state index contributed by atoms with van der Waals surface area (Å²) in [6, 6.07) is -0.547. The zero-order valence-corrected chi connectivity index (χ0v) is 50.1. The molecule has 0 saturated carbocycles. The Bertz CT molecular complexity index is 1150. The highest BCUT2D eigenvalue weighted by Gasteiger charge is 2.20. The van der Waals surface area contributed by atoms with Gasteiger partial charge in [-0.25, -0.2) is 0 Å². The van der Waals surface area contributed by atoms with E-state index in [1.807, 2.05) is 0 Å². The average molecular weight is 1040 g/mol. The molecular weight excluding hydrogens is 911 g/mol. The molecule has 2 unspecified atom stereocenters. The minimum Gasteiger partial charge on any atom is -0.466 e. The Morgan fingerprint density at radius 1 is 0.378 bits per heavy atom. The number of rotatable bonds is 63. The molecule has 2 atom stereocenters. The number of nitrogens with one attached hydrogen (secondary N) is 1. The van der Waals surface area contributed by atoms with E-state index in [0.29, 0.717) is 25.9 Å². The maximum atomic E-state index is 12.5. The van der Waals surface area contributed by atoms with Crippen molar-refractivity contribution in [2.75, 3.05) is 13.2 Å². The number of carbonyl (C=O) groups is 2. The Labute approximate surface area is 462 Å². The first-order valence-electron chi connectivity index (χ1n) is 33.6. The number of carbonyl (C=O) groups excluding carboxylic acids is 2. The topological polar surface area (TPSA) is 95.9 Å². The average Bonchev–Trinajstić information content (AvgIpc) is 3.40. The van der Waals surface area contributed by atoms with Crippen molar-refractivity contribution < 1.29 is 24.5 Å². The second-order valence-electron chi connectivity index (χ2n) is 23.2. The molecule has 0 saturated heterocycles. The van der Waals surface area contributed by atoms with Crippen LogP contribution in [0.1, 0.15) is 373 Å². The molecule has 0 aromatic rings. The van der Waals surface area contributed by atoms with E-state index in [1.165, 1.54) is 289 Å². The van der Waals surface area contributed by atoms with Gasteiger partial charge in [-0.05, 0) is 57.8 Å². The number of allylic oxidation sites excluding steroid dienone is 4. The van der Waals surface area contributed by atoms with E-state index in [9.17, 15) is 19.8 Å². The minimum atomic E-state index is -0.669. The Morgan fingerprint density at radius 3 is 1.05 bits per heavy atom. The first kappa shape index (κ1) is 72.3. The fourth-order valence-corrected chi connectivity index (χ4v) is 10.6. The van der Waals surface area contributed by atoms with Crippen LogP contribution in [0.15, 0.2) is 24.3 Å². The molecule has 3 N–H and O–H groups in total. The van der Waals surface area contributed by atoms with E-state index >= 15 is 0 Å². The normalized spacial score (nSPS) is 12.6. The summed E-state index contributed by atoms with van der Waals surface area (Å²) in [5, 5.41) is 23.4. The van der Waals surface area contributed by atoms with Crippen LogP contribution in [0.3, 0.4) is 0 Å². The van der Waals surface area contributed by atoms with Crippen LogP contribution in [-0.4, -0.2) is 47.4 Å². The molecule has 0 fully saturated rings. The molecule has 0 aliphatic carbocycles. The molecule has 0 radical (unpaired) electrons. The molecule has 438 valence electrons. The first-order valence-corrected chi connectivity index (χ1v) is 33.6. The summed E-state index contributed by atoms with van der Waals surface area (Å²) in [5.74, 6) is -0.0337. The van der Waals surface area contributed by atoms with Gasteiger partial charge < -0.3 is 20.3 Å². The summed E-state index contributed by atoms with van der Waals surface area (Å²) in [6.07, 6.45) is 79.1. The zero-order chi connectivity index (χ0) is 53.6. The SMILES string of the molecule is CCCCC/C=C\C/C=C\CCCCCCCCCCCC(=O)OCCCCCCCCCCCCCCCCCCCC(=O)NC(CO)C(O)CCCCCCCCCCCCCCCCCCCCCCC. The van der Waals surface area contributed by atoms with Crippen molar-refractivity contribution >= 4 is 11.9 Å². The first-order chi connectivity index (χ1) is 36.5. The molecule has 0 bridgehead atoms. The molecule has 0 aromatic heterocycles. The number of ether oxygens (including phenoxy) is 1. The van der Waals surface area contributed by atoms with Crippen LogP contribution < -0.4 is 5.32 Å². The van der Waals surface area contributed by atoms with Gasteiger partial charge >= 0.3 is 5.97 Å². The highest BCUT2D eigenvalue weighted by molar-refractivity contribution is 5.76. The van der Waals surface area contributed by atoms with E-state index in [4.69, 9.17) is 4.74 Å². The van der Waals surface area contributed by atoms with E-state index in [2.05, 4.69) is 43.5 Å². The molecule has 1 amide bonds. The monoisotopic (exact) mass is 1040 g/mol. The van der Waals surface area contributed by atoms with Crippen molar-refractivity contribution in [1.29, 1.82) is 0 Å². The molecule has 0 aliphatic heterocycles. The summed E-state index contributed by atoms with van der Waals surface area (Å²) in [7, 11) is 0. The molecule has 0 aliphatic rings. The van der Waals surface area contributed by atoms with Gasteiger partial charge in [0, 0.05) is 12.8 Å². The number of aliphatic hydroxyl groups excluding tert-OH is 2. The Kier molecular flexibility index (Phi) is 62.4. The van der Waals surface area contributed by atoms with E-state index in [-0.39, 0.29) is 18.5 Å². The van der Waals surface area contributed by atoms with Gasteiger partial charge in [0.05, 0.1) is 25.4 Å². The summed E-state index contributed by atoms with van der Waals surface area (Å²) < 4.78 is 5.50. The van der Waals surface area contributed by atoms with Gasteiger partial charge in [0.2, 0.25) is 5.91 Å². The predicted molar refractivity (Wildman–Crippen MR) is 324 cm³/mol. The molecule has 6 heteroatoms. The Hall–Kier alpha value is -1.66. The molecule has 0 aromatic carbocycles. The second kappa shape index (κ2) is 63.9. The van der Waals surface area contributed by atoms with Crippen LogP contribution in [0.2, 0.25) is 0 Å². The van der Waals surface area contributed by atoms with E-state index in [0.717, 1.165) is 51.4 Å². The van der Waals surface area contributed by atoms with Crippen LogP contribution in [0.5, 0.6) is 0 Å². The van der Waals surface area contributed by atoms with Crippen molar-refractivity contribution in [2.24, 2.45) is 0 Å². The zero-order valence-electron chi connectivity index (χ0n) is 50.1. The third kappa shape index (κ3) is 59.6. The fraction of sp³-hybridized carbons (Fsp3) is 0.912. The van der Waals surface area contributed by atoms with E-state index in [1.54, 1.807) is 0 Å². The van der Waals surface area contributed by atoms with Crippen LogP contribution in [0.4, 0.5) is 0 Å². The second-order valence-corrected chi connectivity index (χ2v) is 23.2. The van der Waals surface area contributed by atoms with E-state index < -0.39 is 12.1 Å². The van der Waals surface area contributed by atoms with Crippen LogP contribution in [0.25, 0.3) is 0 Å². The number of aliphatic hydroxyl groups is 2. The summed E-state index contributed by atoms with van der Waals surface area (Å²) in [5.41, 5.74) is 0. The highest BCUT2D eigenvalue weighted by Crippen LogP contribution is 2.19. The maximum absolute atomic E-state index is 12.5. The molecule has 6 nitrogen and oxygen atoms in total. The van der Waals surface area contributed by atoms with Gasteiger partial charge in [-0.1, -0.05) is 327 Å². The number of esters is 1. The predicted octanol–water partition coefficient (Wildman–Crippen LogP) is 21.4. The number of hydrogen-bond acceptors (Lipinski definition) is 5. The molecule has 0 heterocycles. The molecule has 0 rings (SSSR count). The lowest BCUT2D eigenvalue weighted by molar-refractivity contribution is -0.143. The van der Waals surface area contributed by atoms with Crippen molar-refractivity contribution in [3.8, 4) is 0 Å². The van der Waals surface area contributed by atoms with Gasteiger partial charge in [0.1, 0.15) is 0 Å². The Morgan fingerprint density at radius 2 is 0.676 bits per heavy atom. The third-order valence-corrected chi connectivity index (χ3v) is 15.8. The smallest absolute Gasteiger partial charge is 0.305 e. The van der Waals surface area contributed by atoms with Crippen LogP contribution in [-0.2, 0) is 14.3 Å². The quantitative estimate of drug-likeness (QED) is 0.0320. The fourth-order valence-electron chi connectivity index (χ4n) is 10.6. The highest BCUT2D eigenvalue weighted by atomic mass is 16.5. The largest absolute Gasteiger partial charge is 0.466 e. The van der Waals surface area contributed by atoms with Gasteiger partial charge in [-0.15, -0.1) is 0 Å². The van der Waals surface area contributed by atoms with Crippen molar-refractivity contribution in [1.82, 2.24) is 5.32 Å². The van der Waals surface area contributed by atoms with Crippen molar-refractivity contribution in [2.45, 2.75) is 386 Å². The lowest BCUT2D eigenvalue weighted by atomic mass is 10.0. The number of hydrogen-bond donors (Lipinski definition) is 3. The summed E-state index contributed by atoms with van der Waals surface area (Å²) >= 11 is 0. The Balaban J connectivity index is 3.40. The molecular formula is C68H131NO5. The number of amides is 1. The number of unbranched alkanes of at least 4 members (excludes halogenated alkanes) is 48. The van der Waals surface area contributed by atoms with Crippen LogP contribution >= 0.6 is 0 Å². The van der Waals surface area contributed by atoms with Crippen molar-refractivity contribution in [3.63, 3.8) is 0 Å². The van der Waals surface area contributed by atoms with Gasteiger partial charge in [-0.2, -0.15) is 0 Å². The maximum Gasteiger partial charge on any atom is 0.305 e. The van der Waals surface area contributed by atoms with Crippen LogP contribution in [0, 0.1) is 0 Å². The summed E-state index contributed by atoms with van der Waals surface area (Å²) in [6.45, 7) is 4.95. The molecule has 0 spiro atoms. The molecule has 74 heavy (non-hydrogen) atoms. The lowest BCUT2D eigenvalue weighted by Crippen LogP contribution is -2.45. The van der Waals surface area contributed by atoms with Gasteiger partial charge in [0.15, 0.2) is 0 Å². The van der Waals surface area contributed by atoms with Gasteiger partial charge in [0.25, 0.3) is 0 Å². The summed E-state index contributed by atoms with van der Waals surface area (Å²) in [4.78, 5) is 24.6. The van der Waals surface area contributed by atoms with Crippen molar-refractivity contribution in [3.05, 3.63) is 24.3 Å². The lowest BCUT2D eigenvalue weighted by Gasteiger charge is -2.22. The third-order valence-electron chi connectivity index (χ3n) is 15.8. The van der Waals surface area contributed by atoms with Gasteiger partial charge in [-0.3, -0.25) is 9.59 Å². The standard InChI is InChI=1S/C68H131NO5/c1-3-5-7-9-11-13-15-17-19-21-23-24-26-28-32-36-40-44-48-52-56-60-66(71)65(64-70)69-67(72)61-57-53-49-45-41-37-33-29-27-31-35-39-43-47-51-55-59-63-74-68(73)62-58-54-50-46-42-38-34-30-25-22-20-18-16-14-12-10-8-6-4-2/h12,14,18,20,65-66,70-71H,3-11,13,15-17,19,21-64H2,1-2H3,(H,69,72)/b14-12-,20-18-. The minimum absolute atomic E-state index is 0.00271.